The third kappa shape index (κ3) is 4.63. The summed E-state index contributed by atoms with van der Waals surface area (Å²) in [6.07, 6.45) is -0.578. The zero-order valence-electron chi connectivity index (χ0n) is 14.3. The van der Waals surface area contributed by atoms with Crippen molar-refractivity contribution in [1.29, 1.82) is 0 Å². The Bertz CT molecular complexity index is 649. The van der Waals surface area contributed by atoms with Gasteiger partial charge in [0.05, 0.1) is 24.8 Å². The minimum Gasteiger partial charge on any atom is -0.493 e. The van der Waals surface area contributed by atoms with E-state index < -0.39 is 6.10 Å². The summed E-state index contributed by atoms with van der Waals surface area (Å²) in [7, 11) is 1.59. The van der Waals surface area contributed by atoms with Crippen LogP contribution in [-0.4, -0.2) is 24.9 Å². The molecule has 0 aromatic heterocycles. The van der Waals surface area contributed by atoms with Crippen LogP contribution in [0.5, 0.6) is 11.5 Å². The number of nitrogens with one attached hydrogen (secondary N) is 1. The van der Waals surface area contributed by atoms with Crippen LogP contribution in [0.3, 0.4) is 0 Å². The van der Waals surface area contributed by atoms with E-state index in [0.29, 0.717) is 29.7 Å². The Balaban J connectivity index is 2.04. The molecule has 2 aromatic rings. The van der Waals surface area contributed by atoms with Crippen molar-refractivity contribution in [3.05, 3.63) is 58.6 Å². The summed E-state index contributed by atoms with van der Waals surface area (Å²) in [6.45, 7) is 4.93. The van der Waals surface area contributed by atoms with Gasteiger partial charge in [0.15, 0.2) is 11.5 Å². The van der Waals surface area contributed by atoms with Crippen LogP contribution in [0.4, 0.5) is 0 Å². The Morgan fingerprint density at radius 3 is 2.54 bits per heavy atom. The Kier molecular flexibility index (Phi) is 6.91. The number of methoxy groups -OCH3 is 1. The highest BCUT2D eigenvalue weighted by Crippen LogP contribution is 2.36. The summed E-state index contributed by atoms with van der Waals surface area (Å²) < 4.78 is 10.9. The van der Waals surface area contributed by atoms with Crippen LogP contribution in [0.25, 0.3) is 0 Å². The van der Waals surface area contributed by atoms with Crippen LogP contribution in [0, 0.1) is 0 Å². The fraction of sp³-hybridized carbons (Fsp3) is 0.368. The lowest BCUT2D eigenvalue weighted by Crippen LogP contribution is -2.31. The second kappa shape index (κ2) is 8.92. The molecule has 0 radical (unpaired) electrons. The Hall–Kier alpha value is -1.75. The number of benzene rings is 2. The van der Waals surface area contributed by atoms with Crippen LogP contribution in [0.15, 0.2) is 42.5 Å². The number of halogens is 1. The molecule has 0 amide bonds. The number of hydrogen-bond donors (Lipinski definition) is 2. The predicted molar refractivity (Wildman–Crippen MR) is 96.9 cm³/mol. The molecule has 0 saturated heterocycles. The molecule has 24 heavy (non-hydrogen) atoms. The highest BCUT2D eigenvalue weighted by molar-refractivity contribution is 6.32. The summed E-state index contributed by atoms with van der Waals surface area (Å²) in [5.74, 6) is 1.17. The Labute approximate surface area is 148 Å². The second-order valence-corrected chi connectivity index (χ2v) is 5.97. The van der Waals surface area contributed by atoms with Gasteiger partial charge in [0.2, 0.25) is 0 Å². The van der Waals surface area contributed by atoms with E-state index in [1.807, 2.05) is 56.3 Å². The normalized spacial score (nSPS) is 13.4. The topological polar surface area (TPSA) is 50.7 Å². The van der Waals surface area contributed by atoms with Crippen molar-refractivity contribution in [2.24, 2.45) is 0 Å². The number of rotatable bonds is 8. The SMILES string of the molecule is CCOc1c(Cl)cc(CN[C@H](C)[C@@H](O)c2ccccc2)cc1OC. The van der Waals surface area contributed by atoms with Gasteiger partial charge in [-0.1, -0.05) is 41.9 Å². The van der Waals surface area contributed by atoms with Gasteiger partial charge in [0.1, 0.15) is 0 Å². The van der Waals surface area contributed by atoms with Gasteiger partial charge in [-0.2, -0.15) is 0 Å². The first-order chi connectivity index (χ1) is 11.6. The van der Waals surface area contributed by atoms with Gasteiger partial charge in [-0.25, -0.2) is 0 Å². The van der Waals surface area contributed by atoms with Crippen molar-refractivity contribution in [3.8, 4) is 11.5 Å². The minimum absolute atomic E-state index is 0.108. The van der Waals surface area contributed by atoms with Gasteiger partial charge in [-0.05, 0) is 37.1 Å². The molecular weight excluding hydrogens is 326 g/mol. The fourth-order valence-electron chi connectivity index (χ4n) is 2.49. The molecule has 2 N–H and O–H groups in total. The molecule has 0 saturated carbocycles. The molecule has 0 fully saturated rings. The summed E-state index contributed by atoms with van der Waals surface area (Å²) in [4.78, 5) is 0. The molecule has 2 aromatic carbocycles. The molecular formula is C19H24ClNO3. The predicted octanol–water partition coefficient (Wildman–Crippen LogP) is 3.96. The molecule has 130 valence electrons. The lowest BCUT2D eigenvalue weighted by Gasteiger charge is -2.21. The molecule has 4 nitrogen and oxygen atoms in total. The summed E-state index contributed by atoms with van der Waals surface area (Å²) >= 11 is 6.28. The minimum atomic E-state index is -0.578. The zero-order valence-corrected chi connectivity index (χ0v) is 15.0. The van der Waals surface area contributed by atoms with E-state index in [1.54, 1.807) is 7.11 Å². The largest absolute Gasteiger partial charge is 0.493 e. The van der Waals surface area contributed by atoms with Crippen molar-refractivity contribution in [2.45, 2.75) is 32.5 Å². The van der Waals surface area contributed by atoms with E-state index in [1.165, 1.54) is 0 Å². The average Bonchev–Trinajstić information content (AvgIpc) is 2.61. The lowest BCUT2D eigenvalue weighted by molar-refractivity contribution is 0.135. The summed E-state index contributed by atoms with van der Waals surface area (Å²) in [5, 5.41) is 14.2. The molecule has 2 atom stereocenters. The molecule has 0 heterocycles. The smallest absolute Gasteiger partial charge is 0.179 e. The third-order valence-electron chi connectivity index (χ3n) is 3.82. The van der Waals surface area contributed by atoms with Crippen LogP contribution >= 0.6 is 11.6 Å². The van der Waals surface area contributed by atoms with E-state index in [2.05, 4.69) is 5.32 Å². The first-order valence-corrected chi connectivity index (χ1v) is 8.40. The number of ether oxygens (including phenoxy) is 2. The maximum absolute atomic E-state index is 10.4. The van der Waals surface area contributed by atoms with Gasteiger partial charge in [0, 0.05) is 12.6 Å². The molecule has 0 unspecified atom stereocenters. The van der Waals surface area contributed by atoms with Crippen molar-refractivity contribution in [3.63, 3.8) is 0 Å². The number of aliphatic hydroxyl groups is 1. The van der Waals surface area contributed by atoms with E-state index in [4.69, 9.17) is 21.1 Å². The summed E-state index contributed by atoms with van der Waals surface area (Å²) in [5.41, 5.74) is 1.85. The van der Waals surface area contributed by atoms with Crippen LogP contribution in [-0.2, 0) is 6.54 Å². The third-order valence-corrected chi connectivity index (χ3v) is 4.10. The molecule has 0 bridgehead atoms. The number of aliphatic hydroxyl groups excluding tert-OH is 1. The standard InChI is InChI=1S/C19H24ClNO3/c1-4-24-19-16(20)10-14(11-17(19)23-3)12-21-13(2)18(22)15-8-6-5-7-9-15/h5-11,13,18,21-22H,4,12H2,1-3H3/t13-,18-/m1/s1. The Morgan fingerprint density at radius 1 is 1.21 bits per heavy atom. The summed E-state index contributed by atoms with van der Waals surface area (Å²) in [6, 6.07) is 13.2. The van der Waals surface area contributed by atoms with Crippen molar-refractivity contribution in [1.82, 2.24) is 5.32 Å². The van der Waals surface area contributed by atoms with Gasteiger partial charge in [0.25, 0.3) is 0 Å². The first kappa shape index (κ1) is 18.6. The van der Waals surface area contributed by atoms with Gasteiger partial charge in [-0.3, -0.25) is 0 Å². The molecule has 5 heteroatoms. The van der Waals surface area contributed by atoms with Crippen LogP contribution in [0.2, 0.25) is 5.02 Å². The number of hydrogen-bond acceptors (Lipinski definition) is 4. The van der Waals surface area contributed by atoms with E-state index in [-0.39, 0.29) is 6.04 Å². The molecule has 2 rings (SSSR count). The average molecular weight is 350 g/mol. The van der Waals surface area contributed by atoms with Crippen molar-refractivity contribution >= 4 is 11.6 Å². The molecule has 0 aliphatic carbocycles. The van der Waals surface area contributed by atoms with E-state index >= 15 is 0 Å². The van der Waals surface area contributed by atoms with Crippen molar-refractivity contribution in [2.75, 3.05) is 13.7 Å². The zero-order chi connectivity index (χ0) is 17.5. The van der Waals surface area contributed by atoms with E-state index in [9.17, 15) is 5.11 Å². The molecule has 0 aliphatic heterocycles. The molecule has 0 spiro atoms. The Morgan fingerprint density at radius 2 is 1.92 bits per heavy atom. The highest BCUT2D eigenvalue weighted by atomic mass is 35.5. The van der Waals surface area contributed by atoms with E-state index in [0.717, 1.165) is 11.1 Å². The monoisotopic (exact) mass is 349 g/mol. The highest BCUT2D eigenvalue weighted by Gasteiger charge is 2.17. The quantitative estimate of drug-likeness (QED) is 0.757. The van der Waals surface area contributed by atoms with Gasteiger partial charge < -0.3 is 19.9 Å². The van der Waals surface area contributed by atoms with Crippen LogP contribution < -0.4 is 14.8 Å². The maximum atomic E-state index is 10.4. The van der Waals surface area contributed by atoms with Crippen molar-refractivity contribution < 1.29 is 14.6 Å². The van der Waals surface area contributed by atoms with Gasteiger partial charge in [-0.15, -0.1) is 0 Å². The first-order valence-electron chi connectivity index (χ1n) is 8.02. The maximum Gasteiger partial charge on any atom is 0.179 e. The second-order valence-electron chi connectivity index (χ2n) is 5.57. The fourth-order valence-corrected chi connectivity index (χ4v) is 2.78. The molecule has 0 aliphatic rings. The van der Waals surface area contributed by atoms with Crippen LogP contribution in [0.1, 0.15) is 31.1 Å². The lowest BCUT2D eigenvalue weighted by atomic mass is 10.0. The van der Waals surface area contributed by atoms with Gasteiger partial charge >= 0.3 is 0 Å².